The van der Waals surface area contributed by atoms with E-state index in [0.717, 1.165) is 56.9 Å². The maximum absolute atomic E-state index is 12.7. The van der Waals surface area contributed by atoms with Gasteiger partial charge in [0.15, 0.2) is 0 Å². The molecule has 2 amide bonds. The molecule has 0 aromatic heterocycles. The number of likely N-dealkylation sites (tertiary alicyclic amines) is 1. The van der Waals surface area contributed by atoms with E-state index in [0.29, 0.717) is 6.04 Å². The third-order valence-electron chi connectivity index (χ3n) is 5.54. The molecule has 1 saturated heterocycles. The Morgan fingerprint density at radius 1 is 1.08 bits per heavy atom. The van der Waals surface area contributed by atoms with Gasteiger partial charge in [-0.2, -0.15) is 0 Å². The van der Waals surface area contributed by atoms with Crippen LogP contribution in [-0.2, 0) is 0 Å². The Labute approximate surface area is 149 Å². The highest BCUT2D eigenvalue weighted by atomic mass is 16.5. The van der Waals surface area contributed by atoms with Gasteiger partial charge in [0.1, 0.15) is 5.75 Å². The number of carbonyl (C=O) groups is 1. The first-order valence-electron chi connectivity index (χ1n) is 9.50. The van der Waals surface area contributed by atoms with Crippen molar-refractivity contribution in [3.05, 3.63) is 36.4 Å². The zero-order valence-corrected chi connectivity index (χ0v) is 14.7. The van der Waals surface area contributed by atoms with Crippen molar-refractivity contribution in [3.8, 4) is 5.75 Å². The van der Waals surface area contributed by atoms with Gasteiger partial charge in [0.2, 0.25) is 0 Å². The van der Waals surface area contributed by atoms with Crippen molar-refractivity contribution in [1.82, 2.24) is 9.80 Å². The molecule has 0 radical (unpaired) electrons. The molecule has 1 aliphatic carbocycles. The van der Waals surface area contributed by atoms with Gasteiger partial charge in [-0.15, -0.1) is 0 Å². The largest absolute Gasteiger partial charge is 0.488 e. The molecule has 134 valence electrons. The van der Waals surface area contributed by atoms with Crippen LogP contribution in [0.5, 0.6) is 5.75 Å². The van der Waals surface area contributed by atoms with E-state index in [4.69, 9.17) is 4.74 Å². The molecule has 0 unspecified atom stereocenters. The lowest BCUT2D eigenvalue weighted by molar-refractivity contribution is 0.207. The average Bonchev–Trinajstić information content (AvgIpc) is 3.38. The van der Waals surface area contributed by atoms with Gasteiger partial charge in [-0.1, -0.05) is 24.3 Å². The molecule has 2 aliphatic heterocycles. The van der Waals surface area contributed by atoms with Gasteiger partial charge in [-0.05, 0) is 44.2 Å². The summed E-state index contributed by atoms with van der Waals surface area (Å²) in [7, 11) is 0. The van der Waals surface area contributed by atoms with E-state index in [2.05, 4.69) is 22.4 Å². The molecule has 1 saturated carbocycles. The van der Waals surface area contributed by atoms with Gasteiger partial charge in [-0.25, -0.2) is 4.79 Å². The summed E-state index contributed by atoms with van der Waals surface area (Å²) < 4.78 is 6.12. The number of para-hydroxylation sites is 2. The van der Waals surface area contributed by atoms with Gasteiger partial charge in [0, 0.05) is 32.2 Å². The van der Waals surface area contributed by atoms with E-state index < -0.39 is 0 Å². The zero-order valence-electron chi connectivity index (χ0n) is 14.7. The molecule has 3 aliphatic rings. The first-order valence-corrected chi connectivity index (χ1v) is 9.50. The van der Waals surface area contributed by atoms with Crippen molar-refractivity contribution in [1.29, 1.82) is 0 Å². The highest BCUT2D eigenvalue weighted by molar-refractivity contribution is 5.91. The van der Waals surface area contributed by atoms with Gasteiger partial charge < -0.3 is 15.0 Å². The Kier molecular flexibility index (Phi) is 4.92. The van der Waals surface area contributed by atoms with Crippen LogP contribution in [0.3, 0.4) is 0 Å². The van der Waals surface area contributed by atoms with Crippen LogP contribution in [0.1, 0.15) is 32.1 Å². The second kappa shape index (κ2) is 7.48. The second-order valence-electron chi connectivity index (χ2n) is 7.26. The third-order valence-corrected chi connectivity index (χ3v) is 5.54. The fraction of sp³-hybridized carbons (Fsp3) is 0.550. The van der Waals surface area contributed by atoms with Crippen LogP contribution in [0.2, 0.25) is 0 Å². The molecular weight excluding hydrogens is 314 g/mol. The number of hydrogen-bond acceptors (Lipinski definition) is 3. The number of urea groups is 1. The summed E-state index contributed by atoms with van der Waals surface area (Å²) >= 11 is 0. The minimum Gasteiger partial charge on any atom is -0.488 e. The zero-order chi connectivity index (χ0) is 17.1. The number of nitrogens with one attached hydrogen (secondary N) is 1. The number of benzene rings is 1. The lowest BCUT2D eigenvalue weighted by Crippen LogP contribution is -2.39. The summed E-state index contributed by atoms with van der Waals surface area (Å²) in [5.41, 5.74) is 0.783. The Bertz CT molecular complexity index is 632. The Balaban J connectivity index is 1.36. The second-order valence-corrected chi connectivity index (χ2v) is 7.26. The molecular formula is C20H27N3O2. The number of amides is 2. The van der Waals surface area contributed by atoms with Crippen molar-refractivity contribution in [2.75, 3.05) is 31.5 Å². The van der Waals surface area contributed by atoms with E-state index >= 15 is 0 Å². The molecule has 0 bridgehead atoms. The smallest absolute Gasteiger partial charge is 0.322 e. The number of ether oxygens (including phenoxy) is 1. The Morgan fingerprint density at radius 3 is 2.64 bits per heavy atom. The predicted octanol–water partition coefficient (Wildman–Crippen LogP) is 3.49. The summed E-state index contributed by atoms with van der Waals surface area (Å²) in [4.78, 5) is 17.1. The highest BCUT2D eigenvalue weighted by Crippen LogP contribution is 2.30. The molecule has 2 heterocycles. The maximum atomic E-state index is 12.7. The lowest BCUT2D eigenvalue weighted by atomic mass is 10.2. The van der Waals surface area contributed by atoms with Gasteiger partial charge in [0.25, 0.3) is 0 Å². The summed E-state index contributed by atoms with van der Waals surface area (Å²) in [6.07, 6.45) is 10.4. The number of hydrogen-bond donors (Lipinski definition) is 1. The van der Waals surface area contributed by atoms with Crippen LogP contribution in [0.15, 0.2) is 36.4 Å². The van der Waals surface area contributed by atoms with Crippen LogP contribution >= 0.6 is 0 Å². The molecule has 4 rings (SSSR count). The van der Waals surface area contributed by atoms with Crippen molar-refractivity contribution >= 4 is 11.7 Å². The molecule has 1 aromatic carbocycles. The monoisotopic (exact) mass is 341 g/mol. The first kappa shape index (κ1) is 16.5. The fourth-order valence-electron chi connectivity index (χ4n) is 4.07. The minimum absolute atomic E-state index is 0.0165. The van der Waals surface area contributed by atoms with E-state index in [9.17, 15) is 4.79 Å². The van der Waals surface area contributed by atoms with Crippen molar-refractivity contribution in [3.63, 3.8) is 0 Å². The number of nitrogens with zero attached hydrogens (tertiary/aromatic N) is 2. The first-order chi connectivity index (χ1) is 12.3. The van der Waals surface area contributed by atoms with E-state index in [1.807, 2.05) is 29.2 Å². The molecule has 5 nitrogen and oxygen atoms in total. The molecule has 25 heavy (non-hydrogen) atoms. The van der Waals surface area contributed by atoms with Crippen molar-refractivity contribution in [2.45, 2.75) is 44.2 Å². The predicted molar refractivity (Wildman–Crippen MR) is 99.0 cm³/mol. The van der Waals surface area contributed by atoms with E-state index in [1.165, 1.54) is 12.8 Å². The van der Waals surface area contributed by atoms with Crippen molar-refractivity contribution < 1.29 is 9.53 Å². The fourth-order valence-corrected chi connectivity index (χ4v) is 4.07. The summed E-state index contributed by atoms with van der Waals surface area (Å²) in [5.74, 6) is 0.794. The standard InChI is InChI=1S/C20H27N3O2/c24-20(23-14-11-16(15-23)22-12-5-6-13-22)21-18-9-3-4-10-19(18)25-17-7-1-2-8-17/h3-6,9-10,16-17H,1-2,7-8,11-15H2,(H,21,24)/t16-/m1/s1. The van der Waals surface area contributed by atoms with E-state index in [-0.39, 0.29) is 12.1 Å². The van der Waals surface area contributed by atoms with E-state index in [1.54, 1.807) is 0 Å². The van der Waals surface area contributed by atoms with Crippen molar-refractivity contribution in [2.24, 2.45) is 0 Å². The number of carbonyl (C=O) groups excluding carboxylic acids is 1. The third kappa shape index (κ3) is 3.82. The van der Waals surface area contributed by atoms with Crippen LogP contribution in [0.25, 0.3) is 0 Å². The Hall–Kier alpha value is -2.01. The molecule has 1 N–H and O–H groups in total. The van der Waals surface area contributed by atoms with Crippen LogP contribution in [-0.4, -0.2) is 54.2 Å². The molecule has 2 fully saturated rings. The summed E-state index contributed by atoms with van der Waals surface area (Å²) in [5, 5.41) is 3.07. The highest BCUT2D eigenvalue weighted by Gasteiger charge is 2.31. The molecule has 1 atom stereocenters. The summed E-state index contributed by atoms with van der Waals surface area (Å²) in [6.45, 7) is 3.65. The minimum atomic E-state index is -0.0165. The molecule has 5 heteroatoms. The van der Waals surface area contributed by atoms with Crippen LogP contribution in [0.4, 0.5) is 10.5 Å². The quantitative estimate of drug-likeness (QED) is 0.853. The molecule has 0 spiro atoms. The normalized spacial score (nSPS) is 24.2. The number of anilines is 1. The van der Waals surface area contributed by atoms with Gasteiger partial charge in [0.05, 0.1) is 11.8 Å². The number of rotatable bonds is 4. The average molecular weight is 341 g/mol. The van der Waals surface area contributed by atoms with Gasteiger partial charge in [-0.3, -0.25) is 4.90 Å². The van der Waals surface area contributed by atoms with Crippen LogP contribution in [0, 0.1) is 0 Å². The maximum Gasteiger partial charge on any atom is 0.322 e. The SMILES string of the molecule is O=C(Nc1ccccc1OC1CCCC1)N1CC[C@@H](N2CC=CC2)C1. The Morgan fingerprint density at radius 2 is 1.84 bits per heavy atom. The topological polar surface area (TPSA) is 44.8 Å². The summed E-state index contributed by atoms with van der Waals surface area (Å²) in [6, 6.07) is 8.26. The van der Waals surface area contributed by atoms with Gasteiger partial charge >= 0.3 is 6.03 Å². The van der Waals surface area contributed by atoms with Crippen LogP contribution < -0.4 is 10.1 Å². The molecule has 1 aromatic rings. The lowest BCUT2D eigenvalue weighted by Gasteiger charge is -2.24.